The number of nitrogens with zero attached hydrogens (tertiary/aromatic N) is 1. The molecule has 0 saturated carbocycles. The van der Waals surface area contributed by atoms with E-state index in [0.29, 0.717) is 0 Å². The minimum absolute atomic E-state index is 1.07. The molecule has 0 aliphatic heterocycles. The maximum absolute atomic E-state index is 2.50. The van der Waals surface area contributed by atoms with E-state index < -0.39 is 0 Å². The fraction of sp³-hybridized carbons (Fsp3) is 0. The number of para-hydroxylation sites is 1. The summed E-state index contributed by atoms with van der Waals surface area (Å²) in [6.07, 6.45) is 0. The van der Waals surface area contributed by atoms with Crippen molar-refractivity contribution in [2.24, 2.45) is 0 Å². The second-order valence-corrected chi connectivity index (χ2v) is 17.8. The summed E-state index contributed by atoms with van der Waals surface area (Å²) >= 11 is 1.88. The third-order valence-corrected chi connectivity index (χ3v) is 14.2. The molecule has 2 heteroatoms. The van der Waals surface area contributed by atoms with E-state index in [4.69, 9.17) is 0 Å². The number of hydrogen-bond acceptors (Lipinski definition) is 2. The molecule has 0 unspecified atom stereocenters. The van der Waals surface area contributed by atoms with Crippen LogP contribution in [0.5, 0.6) is 0 Å². The third-order valence-electron chi connectivity index (χ3n) is 12.9. The fourth-order valence-corrected chi connectivity index (χ4v) is 11.1. The minimum atomic E-state index is 1.07. The summed E-state index contributed by atoms with van der Waals surface area (Å²) in [6, 6.07) is 95.2. The van der Waals surface area contributed by atoms with E-state index >= 15 is 0 Å². The first-order valence-electron chi connectivity index (χ1n) is 22.6. The summed E-state index contributed by atoms with van der Waals surface area (Å²) in [7, 11) is 0. The Morgan fingerprint density at radius 2 is 0.727 bits per heavy atom. The lowest BCUT2D eigenvalue weighted by Crippen LogP contribution is -2.13. The van der Waals surface area contributed by atoms with Crippen LogP contribution in [-0.4, -0.2) is 0 Å². The van der Waals surface area contributed by atoms with Crippen LogP contribution in [0.3, 0.4) is 0 Å². The average molecular weight is 858 g/mol. The van der Waals surface area contributed by atoms with Crippen molar-refractivity contribution >= 4 is 59.3 Å². The maximum Gasteiger partial charge on any atom is 0.0546 e. The van der Waals surface area contributed by atoms with E-state index in [9.17, 15) is 0 Å². The zero-order valence-electron chi connectivity index (χ0n) is 36.2. The molecule has 66 heavy (non-hydrogen) atoms. The summed E-state index contributed by atoms with van der Waals surface area (Å²) in [4.78, 5) is 2.50. The van der Waals surface area contributed by atoms with Crippen LogP contribution in [-0.2, 0) is 0 Å². The molecular formula is C64H43NS. The highest BCUT2D eigenvalue weighted by atomic mass is 32.1. The minimum Gasteiger partial charge on any atom is -0.309 e. The van der Waals surface area contributed by atoms with Crippen molar-refractivity contribution in [1.29, 1.82) is 0 Å². The maximum atomic E-state index is 2.50. The molecule has 0 aliphatic carbocycles. The van der Waals surface area contributed by atoms with Gasteiger partial charge < -0.3 is 4.90 Å². The smallest absolute Gasteiger partial charge is 0.0546 e. The normalized spacial score (nSPS) is 11.3. The van der Waals surface area contributed by atoms with Crippen molar-refractivity contribution in [3.63, 3.8) is 0 Å². The van der Waals surface area contributed by atoms with Crippen molar-refractivity contribution in [3.8, 4) is 66.8 Å². The average Bonchev–Trinajstić information content (AvgIpc) is 3.79. The van der Waals surface area contributed by atoms with Crippen LogP contribution in [0.25, 0.3) is 97.7 Å². The molecule has 12 rings (SSSR count). The summed E-state index contributed by atoms with van der Waals surface area (Å²) in [5, 5.41) is 5.10. The Balaban J connectivity index is 1.07. The molecule has 0 fully saturated rings. The van der Waals surface area contributed by atoms with Gasteiger partial charge in [-0.05, 0) is 91.2 Å². The molecule has 0 radical (unpaired) electrons. The van der Waals surface area contributed by atoms with Crippen molar-refractivity contribution < 1.29 is 0 Å². The first-order valence-corrected chi connectivity index (χ1v) is 23.4. The van der Waals surface area contributed by atoms with Crippen LogP contribution < -0.4 is 4.90 Å². The molecule has 0 amide bonds. The molecule has 0 N–H and O–H groups in total. The van der Waals surface area contributed by atoms with Crippen LogP contribution in [0.15, 0.2) is 261 Å². The second-order valence-electron chi connectivity index (χ2n) is 16.8. The number of fused-ring (bicyclic) bond motifs is 4. The van der Waals surface area contributed by atoms with Crippen molar-refractivity contribution in [1.82, 2.24) is 0 Å². The molecule has 12 aromatic rings. The van der Waals surface area contributed by atoms with Gasteiger partial charge in [-0.1, -0.05) is 231 Å². The van der Waals surface area contributed by atoms with Crippen LogP contribution in [0.1, 0.15) is 0 Å². The summed E-state index contributed by atoms with van der Waals surface area (Å²) in [6.45, 7) is 0. The molecule has 11 aromatic carbocycles. The van der Waals surface area contributed by atoms with Gasteiger partial charge in [0.2, 0.25) is 0 Å². The lowest BCUT2D eigenvalue weighted by atomic mass is 9.87. The van der Waals surface area contributed by atoms with Crippen molar-refractivity contribution in [2.45, 2.75) is 0 Å². The Bertz CT molecular complexity index is 3680. The monoisotopic (exact) mass is 857 g/mol. The van der Waals surface area contributed by atoms with Crippen LogP contribution in [0.4, 0.5) is 17.1 Å². The van der Waals surface area contributed by atoms with E-state index in [0.717, 1.165) is 17.1 Å². The summed E-state index contributed by atoms with van der Waals surface area (Å²) < 4.78 is 2.59. The Morgan fingerprint density at radius 3 is 1.50 bits per heavy atom. The first-order chi connectivity index (χ1) is 32.8. The number of benzene rings is 11. The summed E-state index contributed by atoms with van der Waals surface area (Å²) in [5.41, 5.74) is 17.6. The molecule has 0 bridgehead atoms. The van der Waals surface area contributed by atoms with Gasteiger partial charge in [0.25, 0.3) is 0 Å². The Hall–Kier alpha value is -8.30. The lowest BCUT2D eigenvalue weighted by molar-refractivity contribution is 1.28. The van der Waals surface area contributed by atoms with Gasteiger partial charge in [0.05, 0.1) is 11.4 Å². The van der Waals surface area contributed by atoms with Gasteiger partial charge in [-0.25, -0.2) is 0 Å². The Kier molecular flexibility index (Phi) is 10.1. The van der Waals surface area contributed by atoms with Gasteiger partial charge >= 0.3 is 0 Å². The molecule has 0 spiro atoms. The Labute approximate surface area is 389 Å². The zero-order valence-corrected chi connectivity index (χ0v) is 37.0. The fourth-order valence-electron chi connectivity index (χ4n) is 9.82. The van der Waals surface area contributed by atoms with E-state index in [1.54, 1.807) is 0 Å². The van der Waals surface area contributed by atoms with Crippen LogP contribution in [0.2, 0.25) is 0 Å². The van der Waals surface area contributed by atoms with Gasteiger partial charge in [-0.15, -0.1) is 11.3 Å². The molecule has 0 saturated heterocycles. The molecular weight excluding hydrogens is 815 g/mol. The third kappa shape index (κ3) is 7.05. The number of rotatable bonds is 9. The highest BCUT2D eigenvalue weighted by Crippen LogP contribution is 2.51. The van der Waals surface area contributed by atoms with Gasteiger partial charge in [0.15, 0.2) is 0 Å². The molecule has 1 heterocycles. The molecule has 0 aliphatic rings. The molecule has 310 valence electrons. The highest BCUT2D eigenvalue weighted by Gasteiger charge is 2.25. The van der Waals surface area contributed by atoms with Gasteiger partial charge in [0.1, 0.15) is 0 Å². The van der Waals surface area contributed by atoms with Gasteiger partial charge in [-0.3, -0.25) is 0 Å². The largest absolute Gasteiger partial charge is 0.309 e. The van der Waals surface area contributed by atoms with Crippen LogP contribution in [0, 0.1) is 0 Å². The first kappa shape index (κ1) is 39.3. The van der Waals surface area contributed by atoms with Crippen molar-refractivity contribution in [3.05, 3.63) is 261 Å². The Morgan fingerprint density at radius 1 is 0.258 bits per heavy atom. The van der Waals surface area contributed by atoms with Gasteiger partial charge in [0, 0.05) is 42.6 Å². The second kappa shape index (κ2) is 17.0. The quantitative estimate of drug-likeness (QED) is 0.140. The summed E-state index contributed by atoms with van der Waals surface area (Å²) in [5.74, 6) is 0. The highest BCUT2D eigenvalue weighted by molar-refractivity contribution is 7.26. The number of hydrogen-bond donors (Lipinski definition) is 0. The molecule has 1 aromatic heterocycles. The number of thiophene rings is 1. The van der Waals surface area contributed by atoms with E-state index in [2.05, 4.69) is 266 Å². The van der Waals surface area contributed by atoms with Gasteiger partial charge in [-0.2, -0.15) is 0 Å². The van der Waals surface area contributed by atoms with E-state index in [1.807, 2.05) is 11.3 Å². The predicted molar refractivity (Wildman–Crippen MR) is 284 cm³/mol. The standard InChI is InChI=1S/C64H43NS/c1-3-18-46(19-4-1)53-25-9-10-28-57(53)63-54(48-20-5-2-6-21-48)30-17-34-61(63)65(60-33-13-11-26-55(60)58-31-16-32-59-56-27-12-14-35-62(56)66-64(58)59)50-42-40-45(41-43-50)44-36-38-49(39-37-44)52-29-15-23-47-22-7-8-24-51(47)52/h1-43H. The van der Waals surface area contributed by atoms with Crippen molar-refractivity contribution in [2.75, 3.05) is 4.90 Å². The van der Waals surface area contributed by atoms with Crippen LogP contribution >= 0.6 is 11.3 Å². The topological polar surface area (TPSA) is 3.24 Å². The lowest BCUT2D eigenvalue weighted by Gasteiger charge is -2.31. The van der Waals surface area contributed by atoms with E-state index in [-0.39, 0.29) is 0 Å². The SMILES string of the molecule is c1ccc(-c2ccccc2-c2c(-c3ccccc3)cccc2N(c2ccc(-c3ccc(-c4cccc5ccccc45)cc3)cc2)c2ccccc2-c2cccc3c2sc2ccccc23)cc1. The van der Waals surface area contributed by atoms with E-state index in [1.165, 1.54) is 97.7 Å². The molecule has 0 atom stereocenters. The number of anilines is 3. The molecule has 1 nitrogen and oxygen atoms in total. The zero-order chi connectivity index (χ0) is 43.8. The predicted octanol–water partition coefficient (Wildman–Crippen LogP) is 18.7.